The lowest BCUT2D eigenvalue weighted by Crippen LogP contribution is -2.36. The third-order valence-corrected chi connectivity index (χ3v) is 2.90. The minimum Gasteiger partial charge on any atom is -0.465 e. The number of carbonyl (C=O) groups is 2. The molecule has 5 nitrogen and oxygen atoms in total. The molecule has 1 unspecified atom stereocenters. The third-order valence-electron chi connectivity index (χ3n) is 2.90. The van der Waals surface area contributed by atoms with Crippen molar-refractivity contribution >= 4 is 11.9 Å². The van der Waals surface area contributed by atoms with E-state index in [0.29, 0.717) is 13.0 Å². The van der Waals surface area contributed by atoms with Gasteiger partial charge in [-0.1, -0.05) is 0 Å². The molecule has 0 amide bonds. The van der Waals surface area contributed by atoms with Crippen LogP contribution in [-0.2, 0) is 19.1 Å². The molecule has 0 radical (unpaired) electrons. The molecule has 0 spiro atoms. The molecule has 2 atom stereocenters. The van der Waals surface area contributed by atoms with Crippen molar-refractivity contribution in [3.8, 4) is 0 Å². The Morgan fingerprint density at radius 3 is 3.20 bits per heavy atom. The average molecular weight is 213 g/mol. The van der Waals surface area contributed by atoms with Gasteiger partial charge in [0.05, 0.1) is 25.6 Å². The Balaban J connectivity index is 1.89. The molecule has 0 aliphatic carbocycles. The molecule has 0 bridgehead atoms. The first kappa shape index (κ1) is 10.4. The minimum absolute atomic E-state index is 0.00748. The van der Waals surface area contributed by atoms with E-state index in [0.717, 1.165) is 13.0 Å². The number of likely N-dealkylation sites (tertiary alicyclic amines) is 1. The molecule has 0 saturated carbocycles. The van der Waals surface area contributed by atoms with Crippen LogP contribution >= 0.6 is 0 Å². The minimum atomic E-state index is -0.225. The molecule has 0 aromatic heterocycles. The molecule has 0 aromatic carbocycles. The summed E-state index contributed by atoms with van der Waals surface area (Å²) in [6.45, 7) is 3.26. The summed E-state index contributed by atoms with van der Waals surface area (Å²) < 4.78 is 10.00. The first-order valence-corrected chi connectivity index (χ1v) is 5.30. The molecular weight excluding hydrogens is 198 g/mol. The molecule has 2 saturated heterocycles. The van der Waals surface area contributed by atoms with Crippen molar-refractivity contribution in [2.75, 3.05) is 19.7 Å². The zero-order valence-corrected chi connectivity index (χ0v) is 8.77. The quantitative estimate of drug-likeness (QED) is 0.615. The monoisotopic (exact) mass is 213 g/mol. The number of esters is 2. The molecule has 2 aliphatic heterocycles. The van der Waals surface area contributed by atoms with Crippen molar-refractivity contribution in [2.45, 2.75) is 31.9 Å². The zero-order valence-electron chi connectivity index (χ0n) is 8.77. The molecule has 2 aliphatic rings. The van der Waals surface area contributed by atoms with Gasteiger partial charge >= 0.3 is 11.9 Å². The number of carbonyl (C=O) groups excluding carboxylic acids is 2. The Morgan fingerprint density at radius 2 is 2.47 bits per heavy atom. The lowest BCUT2D eigenvalue weighted by molar-refractivity contribution is -0.145. The molecule has 0 N–H and O–H groups in total. The summed E-state index contributed by atoms with van der Waals surface area (Å²) in [7, 11) is 0. The molecule has 5 heteroatoms. The number of fused-ring (bicyclic) bond motifs is 1. The van der Waals surface area contributed by atoms with Gasteiger partial charge in [0.25, 0.3) is 0 Å². The average Bonchev–Trinajstić information content (AvgIpc) is 2.67. The summed E-state index contributed by atoms with van der Waals surface area (Å²) in [5.74, 6) is -0.379. The van der Waals surface area contributed by atoms with Gasteiger partial charge in [0.15, 0.2) is 0 Å². The van der Waals surface area contributed by atoms with Gasteiger partial charge in [-0.2, -0.15) is 0 Å². The van der Waals surface area contributed by atoms with Gasteiger partial charge in [-0.25, -0.2) is 0 Å². The lowest BCUT2D eigenvalue weighted by Gasteiger charge is -2.19. The number of hydrogen-bond acceptors (Lipinski definition) is 5. The summed E-state index contributed by atoms with van der Waals surface area (Å²) in [6.07, 6.45) is 1.23. The number of hydrogen-bond donors (Lipinski definition) is 0. The first-order chi connectivity index (χ1) is 7.20. The fraction of sp³-hybridized carbons (Fsp3) is 0.800. The van der Waals surface area contributed by atoms with E-state index in [-0.39, 0.29) is 30.6 Å². The van der Waals surface area contributed by atoms with Crippen LogP contribution in [0.2, 0.25) is 0 Å². The Labute approximate surface area is 88.3 Å². The molecule has 2 fully saturated rings. The van der Waals surface area contributed by atoms with Crippen LogP contribution in [0.5, 0.6) is 0 Å². The maximum Gasteiger partial charge on any atom is 0.320 e. The van der Waals surface area contributed by atoms with E-state index in [4.69, 9.17) is 9.47 Å². The summed E-state index contributed by atoms with van der Waals surface area (Å²) in [5, 5.41) is 0. The molecule has 2 heterocycles. The summed E-state index contributed by atoms with van der Waals surface area (Å²) in [5.41, 5.74) is 0. The van der Waals surface area contributed by atoms with E-state index in [1.165, 1.54) is 0 Å². The first-order valence-electron chi connectivity index (χ1n) is 5.30. The molecule has 2 rings (SSSR count). The van der Waals surface area contributed by atoms with Gasteiger partial charge in [0.1, 0.15) is 6.10 Å². The highest BCUT2D eigenvalue weighted by molar-refractivity contribution is 5.74. The normalized spacial score (nSPS) is 30.1. The van der Waals surface area contributed by atoms with Crippen molar-refractivity contribution in [1.82, 2.24) is 4.90 Å². The van der Waals surface area contributed by atoms with E-state index < -0.39 is 0 Å². The molecule has 15 heavy (non-hydrogen) atoms. The van der Waals surface area contributed by atoms with Crippen molar-refractivity contribution in [3.63, 3.8) is 0 Å². The Hall–Kier alpha value is -1.10. The van der Waals surface area contributed by atoms with Crippen molar-refractivity contribution in [3.05, 3.63) is 0 Å². The maximum atomic E-state index is 11.3. The second kappa shape index (κ2) is 4.18. The SMILES string of the molecule is CCOC(=O)CN1CC[C@H]2OC(=O)CC21. The Bertz CT molecular complexity index is 279. The second-order valence-electron chi connectivity index (χ2n) is 3.86. The highest BCUT2D eigenvalue weighted by Crippen LogP contribution is 2.29. The largest absolute Gasteiger partial charge is 0.465 e. The molecule has 84 valence electrons. The van der Waals surface area contributed by atoms with E-state index in [9.17, 15) is 9.59 Å². The summed E-state index contributed by atoms with van der Waals surface area (Å²) in [6, 6.07) is 0.0851. The zero-order chi connectivity index (χ0) is 10.8. The topological polar surface area (TPSA) is 55.8 Å². The van der Waals surface area contributed by atoms with Crippen LogP contribution < -0.4 is 0 Å². The Kier molecular flexibility index (Phi) is 2.90. The van der Waals surface area contributed by atoms with Crippen LogP contribution in [0, 0.1) is 0 Å². The van der Waals surface area contributed by atoms with Crippen molar-refractivity contribution < 1.29 is 19.1 Å². The number of rotatable bonds is 3. The van der Waals surface area contributed by atoms with Crippen LogP contribution in [0.1, 0.15) is 19.8 Å². The Morgan fingerprint density at radius 1 is 1.67 bits per heavy atom. The van der Waals surface area contributed by atoms with Gasteiger partial charge in [-0.05, 0) is 13.3 Å². The standard InChI is InChI=1S/C10H15NO4/c1-2-14-10(13)6-11-4-3-8-7(11)5-9(12)15-8/h7-8H,2-6H2,1H3/t7?,8-/m1/s1. The van der Waals surface area contributed by atoms with Gasteiger partial charge in [0.2, 0.25) is 0 Å². The van der Waals surface area contributed by atoms with Gasteiger partial charge in [0, 0.05) is 6.54 Å². The van der Waals surface area contributed by atoms with E-state index in [1.54, 1.807) is 6.92 Å². The predicted octanol–water partition coefficient (Wildman–Crippen LogP) is -0.0607. The van der Waals surface area contributed by atoms with Gasteiger partial charge in [-0.15, -0.1) is 0 Å². The maximum absolute atomic E-state index is 11.3. The van der Waals surface area contributed by atoms with Crippen LogP contribution in [-0.4, -0.2) is 48.7 Å². The summed E-state index contributed by atoms with van der Waals surface area (Å²) >= 11 is 0. The fourth-order valence-electron chi connectivity index (χ4n) is 2.24. The van der Waals surface area contributed by atoms with Crippen molar-refractivity contribution in [2.24, 2.45) is 0 Å². The van der Waals surface area contributed by atoms with E-state index >= 15 is 0 Å². The van der Waals surface area contributed by atoms with Crippen LogP contribution in [0.15, 0.2) is 0 Å². The van der Waals surface area contributed by atoms with E-state index in [1.807, 2.05) is 4.90 Å². The second-order valence-corrected chi connectivity index (χ2v) is 3.86. The highest BCUT2D eigenvalue weighted by Gasteiger charge is 2.43. The van der Waals surface area contributed by atoms with Gasteiger partial charge < -0.3 is 9.47 Å². The van der Waals surface area contributed by atoms with Crippen LogP contribution in [0.4, 0.5) is 0 Å². The third kappa shape index (κ3) is 2.12. The van der Waals surface area contributed by atoms with Gasteiger partial charge in [-0.3, -0.25) is 14.5 Å². The van der Waals surface area contributed by atoms with E-state index in [2.05, 4.69) is 0 Å². The number of ether oxygens (including phenoxy) is 2. The number of nitrogens with zero attached hydrogens (tertiary/aromatic N) is 1. The van der Waals surface area contributed by atoms with Crippen LogP contribution in [0.25, 0.3) is 0 Å². The van der Waals surface area contributed by atoms with Crippen molar-refractivity contribution in [1.29, 1.82) is 0 Å². The highest BCUT2D eigenvalue weighted by atomic mass is 16.6. The lowest BCUT2D eigenvalue weighted by atomic mass is 10.1. The fourth-order valence-corrected chi connectivity index (χ4v) is 2.24. The predicted molar refractivity (Wildman–Crippen MR) is 51.1 cm³/mol. The summed E-state index contributed by atoms with van der Waals surface area (Å²) in [4.78, 5) is 24.3. The van der Waals surface area contributed by atoms with Crippen LogP contribution in [0.3, 0.4) is 0 Å². The smallest absolute Gasteiger partial charge is 0.320 e. The molecule has 0 aromatic rings. The molecular formula is C10H15NO4.